The first-order chi connectivity index (χ1) is 16.3. The molecule has 0 saturated heterocycles. The van der Waals surface area contributed by atoms with Crippen molar-refractivity contribution in [3.05, 3.63) is 78.4 Å². The van der Waals surface area contributed by atoms with Crippen LogP contribution in [-0.2, 0) is 0 Å². The zero-order valence-corrected chi connectivity index (χ0v) is 20.1. The van der Waals surface area contributed by atoms with Crippen LogP contribution in [0.5, 0.6) is 11.5 Å². The van der Waals surface area contributed by atoms with E-state index in [0.717, 1.165) is 55.2 Å². The average molecular weight is 444 g/mol. The summed E-state index contributed by atoms with van der Waals surface area (Å²) in [6.07, 6.45) is 10.4. The van der Waals surface area contributed by atoms with Gasteiger partial charge in [0.1, 0.15) is 11.5 Å². The fourth-order valence-electron chi connectivity index (χ4n) is 3.51. The van der Waals surface area contributed by atoms with Gasteiger partial charge in [-0.05, 0) is 78.1 Å². The molecule has 0 aromatic heterocycles. The van der Waals surface area contributed by atoms with Crippen molar-refractivity contribution in [2.75, 3.05) is 13.2 Å². The number of hydrogen-bond donors (Lipinski definition) is 0. The van der Waals surface area contributed by atoms with Gasteiger partial charge < -0.3 is 9.47 Å². The Kier molecular flexibility index (Phi) is 10.5. The summed E-state index contributed by atoms with van der Waals surface area (Å²) in [5, 5.41) is 0. The second-order valence-electron chi connectivity index (χ2n) is 8.36. The molecule has 0 bridgehead atoms. The lowest BCUT2D eigenvalue weighted by Crippen LogP contribution is -1.97. The molecule has 0 atom stereocenters. The Morgan fingerprint density at radius 3 is 1.70 bits per heavy atom. The molecule has 3 heteroatoms. The van der Waals surface area contributed by atoms with Gasteiger partial charge >= 0.3 is 0 Å². The Morgan fingerprint density at radius 2 is 1.09 bits per heavy atom. The molecule has 0 spiro atoms. The van der Waals surface area contributed by atoms with E-state index in [1.807, 2.05) is 42.6 Å². The van der Waals surface area contributed by atoms with E-state index in [-0.39, 0.29) is 0 Å². The molecule has 0 unspecified atom stereocenters. The van der Waals surface area contributed by atoms with E-state index in [1.54, 1.807) is 0 Å². The van der Waals surface area contributed by atoms with Gasteiger partial charge in [0, 0.05) is 6.21 Å². The van der Waals surface area contributed by atoms with E-state index < -0.39 is 0 Å². The molecule has 0 amide bonds. The van der Waals surface area contributed by atoms with Gasteiger partial charge in [0.2, 0.25) is 0 Å². The van der Waals surface area contributed by atoms with E-state index in [2.05, 4.69) is 55.2 Å². The molecule has 3 aromatic rings. The van der Waals surface area contributed by atoms with Crippen molar-refractivity contribution in [1.29, 1.82) is 0 Å². The highest BCUT2D eigenvalue weighted by molar-refractivity contribution is 5.82. The molecule has 0 fully saturated rings. The van der Waals surface area contributed by atoms with Crippen LogP contribution in [0.25, 0.3) is 11.1 Å². The van der Waals surface area contributed by atoms with Crippen LogP contribution in [0.15, 0.2) is 77.8 Å². The highest BCUT2D eigenvalue weighted by atomic mass is 16.5. The maximum absolute atomic E-state index is 5.84. The number of aliphatic imine (C=N–C) groups is 1. The molecule has 0 aliphatic heterocycles. The first-order valence-electron chi connectivity index (χ1n) is 12.4. The third kappa shape index (κ3) is 8.76. The van der Waals surface area contributed by atoms with Gasteiger partial charge in [-0.2, -0.15) is 0 Å². The van der Waals surface area contributed by atoms with Crippen LogP contribution in [0.2, 0.25) is 0 Å². The lowest BCUT2D eigenvalue weighted by Gasteiger charge is -2.07. The van der Waals surface area contributed by atoms with Crippen molar-refractivity contribution in [3.63, 3.8) is 0 Å². The smallest absolute Gasteiger partial charge is 0.119 e. The molecule has 33 heavy (non-hydrogen) atoms. The lowest BCUT2D eigenvalue weighted by atomic mass is 10.1. The van der Waals surface area contributed by atoms with Crippen molar-refractivity contribution < 1.29 is 9.47 Å². The monoisotopic (exact) mass is 443 g/mol. The van der Waals surface area contributed by atoms with Gasteiger partial charge in [-0.3, -0.25) is 4.99 Å². The topological polar surface area (TPSA) is 30.8 Å². The van der Waals surface area contributed by atoms with Gasteiger partial charge in [0.15, 0.2) is 0 Å². The fourth-order valence-corrected chi connectivity index (χ4v) is 3.51. The molecule has 0 aliphatic carbocycles. The Bertz CT molecular complexity index is 944. The van der Waals surface area contributed by atoms with E-state index in [1.165, 1.54) is 36.8 Å². The molecule has 0 saturated carbocycles. The van der Waals surface area contributed by atoms with Crippen molar-refractivity contribution in [2.45, 2.75) is 58.8 Å². The van der Waals surface area contributed by atoms with Crippen LogP contribution >= 0.6 is 0 Å². The molecule has 3 aromatic carbocycles. The van der Waals surface area contributed by atoms with Crippen LogP contribution in [-0.4, -0.2) is 19.4 Å². The largest absolute Gasteiger partial charge is 0.494 e. The van der Waals surface area contributed by atoms with Crippen LogP contribution in [0.4, 0.5) is 5.69 Å². The summed E-state index contributed by atoms with van der Waals surface area (Å²) in [6, 6.07) is 24.7. The van der Waals surface area contributed by atoms with Gasteiger partial charge in [-0.25, -0.2) is 0 Å². The summed E-state index contributed by atoms with van der Waals surface area (Å²) < 4.78 is 11.6. The standard InChI is InChI=1S/C30H37NO2/c1-3-5-7-8-9-23-33-29-18-10-25(11-19-29)24-31-28-16-12-26(13-17-28)27-14-20-30(21-15-27)32-22-6-4-2/h10-21,24H,3-9,22-23H2,1-2H3. The fraction of sp³-hybridized carbons (Fsp3) is 0.367. The maximum atomic E-state index is 5.84. The highest BCUT2D eigenvalue weighted by Crippen LogP contribution is 2.25. The van der Waals surface area contributed by atoms with Crippen LogP contribution in [0, 0.1) is 0 Å². The third-order valence-corrected chi connectivity index (χ3v) is 5.58. The van der Waals surface area contributed by atoms with Crippen LogP contribution < -0.4 is 9.47 Å². The highest BCUT2D eigenvalue weighted by Gasteiger charge is 2.00. The Labute approximate surface area is 199 Å². The normalized spacial score (nSPS) is 11.1. The summed E-state index contributed by atoms with van der Waals surface area (Å²) in [5.41, 5.74) is 4.35. The Hall–Kier alpha value is -3.07. The van der Waals surface area contributed by atoms with Gasteiger partial charge in [-0.15, -0.1) is 0 Å². The lowest BCUT2D eigenvalue weighted by molar-refractivity contribution is 0.304. The zero-order chi connectivity index (χ0) is 23.1. The predicted octanol–water partition coefficient (Wildman–Crippen LogP) is 8.63. The average Bonchev–Trinajstić information content (AvgIpc) is 2.86. The van der Waals surface area contributed by atoms with Crippen LogP contribution in [0.3, 0.4) is 0 Å². The summed E-state index contributed by atoms with van der Waals surface area (Å²) in [5.74, 6) is 1.85. The SMILES string of the molecule is CCCCCCCOc1ccc(C=Nc2ccc(-c3ccc(OCCCC)cc3)cc2)cc1. The maximum Gasteiger partial charge on any atom is 0.119 e. The summed E-state index contributed by atoms with van der Waals surface area (Å²) in [7, 11) is 0. The minimum Gasteiger partial charge on any atom is -0.494 e. The second kappa shape index (κ2) is 14.2. The van der Waals surface area contributed by atoms with Crippen molar-refractivity contribution in [3.8, 4) is 22.6 Å². The van der Waals surface area contributed by atoms with Crippen molar-refractivity contribution in [2.24, 2.45) is 4.99 Å². The number of unbranched alkanes of at least 4 members (excludes halogenated alkanes) is 5. The molecule has 0 N–H and O–H groups in total. The van der Waals surface area contributed by atoms with Crippen molar-refractivity contribution in [1.82, 2.24) is 0 Å². The summed E-state index contributed by atoms with van der Waals surface area (Å²) >= 11 is 0. The molecule has 0 radical (unpaired) electrons. The molecule has 3 nitrogen and oxygen atoms in total. The Morgan fingerprint density at radius 1 is 0.576 bits per heavy atom. The summed E-state index contributed by atoms with van der Waals surface area (Å²) in [4.78, 5) is 4.61. The predicted molar refractivity (Wildman–Crippen MR) is 140 cm³/mol. The number of nitrogens with zero attached hydrogens (tertiary/aromatic N) is 1. The minimum absolute atomic E-state index is 0.775. The minimum atomic E-state index is 0.775. The molecular formula is C30H37NO2. The molecule has 174 valence electrons. The first-order valence-corrected chi connectivity index (χ1v) is 12.4. The van der Waals surface area contributed by atoms with E-state index >= 15 is 0 Å². The van der Waals surface area contributed by atoms with E-state index in [9.17, 15) is 0 Å². The van der Waals surface area contributed by atoms with Gasteiger partial charge in [0.05, 0.1) is 18.9 Å². The zero-order valence-electron chi connectivity index (χ0n) is 20.1. The molecular weight excluding hydrogens is 406 g/mol. The van der Waals surface area contributed by atoms with E-state index in [4.69, 9.17) is 9.47 Å². The van der Waals surface area contributed by atoms with Crippen molar-refractivity contribution >= 4 is 11.9 Å². The quantitative estimate of drug-likeness (QED) is 0.184. The summed E-state index contributed by atoms with van der Waals surface area (Å²) in [6.45, 7) is 5.97. The van der Waals surface area contributed by atoms with E-state index in [0.29, 0.717) is 0 Å². The molecule has 0 heterocycles. The second-order valence-corrected chi connectivity index (χ2v) is 8.36. The number of hydrogen-bond acceptors (Lipinski definition) is 3. The number of ether oxygens (including phenoxy) is 2. The first kappa shape index (κ1) is 24.6. The molecule has 0 aliphatic rings. The number of benzene rings is 3. The third-order valence-electron chi connectivity index (χ3n) is 5.58. The van der Waals surface area contributed by atoms with Crippen LogP contribution in [0.1, 0.15) is 64.4 Å². The molecule has 3 rings (SSSR count). The van der Waals surface area contributed by atoms with Gasteiger partial charge in [-0.1, -0.05) is 70.2 Å². The Balaban J connectivity index is 1.47. The number of rotatable bonds is 14. The van der Waals surface area contributed by atoms with Gasteiger partial charge in [0.25, 0.3) is 0 Å².